The molecule has 150 valence electrons. The number of fused-ring (bicyclic) bond motifs is 1. The molecule has 0 bridgehead atoms. The number of aryl methyl sites for hydroxylation is 1. The van der Waals surface area contributed by atoms with Crippen molar-refractivity contribution in [2.75, 3.05) is 5.32 Å². The molecule has 1 saturated carbocycles. The van der Waals surface area contributed by atoms with Gasteiger partial charge in [0.05, 0.1) is 21.1 Å². The van der Waals surface area contributed by atoms with Gasteiger partial charge >= 0.3 is 0 Å². The van der Waals surface area contributed by atoms with Crippen molar-refractivity contribution < 1.29 is 14.3 Å². The van der Waals surface area contributed by atoms with E-state index < -0.39 is 17.3 Å². The minimum absolute atomic E-state index is 0.00632. The average molecular weight is 436 g/mol. The Hall–Kier alpha value is -2.64. The van der Waals surface area contributed by atoms with Crippen LogP contribution in [0, 0.1) is 12.7 Å². The maximum atomic E-state index is 14.4. The molecule has 29 heavy (non-hydrogen) atoms. The van der Waals surface area contributed by atoms with E-state index in [1.54, 1.807) is 11.5 Å². The number of nitrogens with one attached hydrogen (secondary N) is 1. The molecule has 1 amide bonds. The molecular weight excluding hydrogens is 420 g/mol. The predicted octanol–water partition coefficient (Wildman–Crippen LogP) is 4.83. The molecule has 0 atom stereocenters. The lowest BCUT2D eigenvalue weighted by Gasteiger charge is -2.29. The van der Waals surface area contributed by atoms with E-state index in [1.165, 1.54) is 18.2 Å². The number of carbonyl (C=O) groups excluding carboxylic acids is 1. The standard InChI is InChI=1S/C20H16Cl2FN3O3/c1-9-24-17-14(23)5-6-15(16(17)20(29)26(9)11-3-2-4-11)25-19(28)10-7-12(21)18(27)13(22)8-10/h5-8,11,27H,2-4H2,1H3,(H,25,28). The third kappa shape index (κ3) is 3.34. The summed E-state index contributed by atoms with van der Waals surface area (Å²) >= 11 is 11.8. The molecular formula is C20H16Cl2FN3O3. The molecule has 1 aliphatic rings. The summed E-state index contributed by atoms with van der Waals surface area (Å²) < 4.78 is 15.9. The fourth-order valence-electron chi connectivity index (χ4n) is 3.44. The number of rotatable bonds is 3. The molecule has 2 N–H and O–H groups in total. The first-order chi connectivity index (χ1) is 13.8. The lowest BCUT2D eigenvalue weighted by atomic mass is 9.92. The third-order valence-electron chi connectivity index (χ3n) is 5.15. The fraction of sp³-hybridized carbons (Fsp3) is 0.250. The quantitative estimate of drug-likeness (QED) is 0.616. The highest BCUT2D eigenvalue weighted by Crippen LogP contribution is 2.34. The van der Waals surface area contributed by atoms with Crippen LogP contribution in [0.3, 0.4) is 0 Å². The van der Waals surface area contributed by atoms with Gasteiger partial charge in [-0.05, 0) is 50.5 Å². The molecule has 6 nitrogen and oxygen atoms in total. The van der Waals surface area contributed by atoms with Crippen LogP contribution in [-0.2, 0) is 0 Å². The Labute approximate surface area is 174 Å². The van der Waals surface area contributed by atoms with E-state index >= 15 is 0 Å². The summed E-state index contributed by atoms with van der Waals surface area (Å²) in [6.07, 6.45) is 2.73. The minimum atomic E-state index is -0.644. The zero-order valence-electron chi connectivity index (χ0n) is 15.3. The second-order valence-electron chi connectivity index (χ2n) is 6.98. The van der Waals surface area contributed by atoms with Gasteiger partial charge < -0.3 is 10.4 Å². The van der Waals surface area contributed by atoms with E-state index in [0.717, 1.165) is 25.3 Å². The summed E-state index contributed by atoms with van der Waals surface area (Å²) in [7, 11) is 0. The molecule has 0 saturated heterocycles. The first kappa shape index (κ1) is 19.7. The van der Waals surface area contributed by atoms with Crippen LogP contribution in [0.25, 0.3) is 10.9 Å². The number of hydrogen-bond donors (Lipinski definition) is 2. The largest absolute Gasteiger partial charge is 0.505 e. The van der Waals surface area contributed by atoms with Gasteiger partial charge in [-0.2, -0.15) is 0 Å². The van der Waals surface area contributed by atoms with Crippen LogP contribution in [0.1, 0.15) is 41.5 Å². The third-order valence-corrected chi connectivity index (χ3v) is 5.73. The summed E-state index contributed by atoms with van der Waals surface area (Å²) in [5.41, 5.74) is -0.275. The summed E-state index contributed by atoms with van der Waals surface area (Å²) in [6, 6.07) is 5.00. The van der Waals surface area contributed by atoms with Crippen molar-refractivity contribution in [2.24, 2.45) is 0 Å². The number of carbonyl (C=O) groups is 1. The number of hydrogen-bond acceptors (Lipinski definition) is 4. The van der Waals surface area contributed by atoms with Crippen LogP contribution >= 0.6 is 23.2 Å². The molecule has 2 aromatic carbocycles. The monoisotopic (exact) mass is 435 g/mol. The number of halogens is 3. The number of aromatic nitrogens is 2. The van der Waals surface area contributed by atoms with Crippen molar-refractivity contribution in [3.63, 3.8) is 0 Å². The van der Waals surface area contributed by atoms with E-state index in [9.17, 15) is 19.1 Å². The Kier molecular flexibility index (Phi) is 4.96. The number of amides is 1. The Balaban J connectivity index is 1.83. The molecule has 0 radical (unpaired) electrons. The van der Waals surface area contributed by atoms with Gasteiger partial charge in [-0.1, -0.05) is 23.2 Å². The lowest BCUT2D eigenvalue weighted by molar-refractivity contribution is 0.102. The van der Waals surface area contributed by atoms with Gasteiger partial charge in [0.1, 0.15) is 17.2 Å². The lowest BCUT2D eigenvalue weighted by Crippen LogP contribution is -2.32. The number of anilines is 1. The summed E-state index contributed by atoms with van der Waals surface area (Å²) in [5.74, 6) is -1.15. The number of phenols is 1. The van der Waals surface area contributed by atoms with E-state index in [4.69, 9.17) is 23.2 Å². The molecule has 1 aromatic heterocycles. The predicted molar refractivity (Wildman–Crippen MR) is 110 cm³/mol. The van der Waals surface area contributed by atoms with Gasteiger partial charge in [0, 0.05) is 11.6 Å². The normalized spacial score (nSPS) is 14.1. The number of phenolic OH excluding ortho intramolecular Hbond substituents is 1. The van der Waals surface area contributed by atoms with Crippen molar-refractivity contribution in [1.29, 1.82) is 0 Å². The van der Waals surface area contributed by atoms with Crippen molar-refractivity contribution >= 4 is 45.7 Å². The van der Waals surface area contributed by atoms with Crippen LogP contribution in [-0.4, -0.2) is 20.6 Å². The van der Waals surface area contributed by atoms with E-state index in [2.05, 4.69) is 10.3 Å². The average Bonchev–Trinajstić information content (AvgIpc) is 2.63. The molecule has 1 aliphatic carbocycles. The van der Waals surface area contributed by atoms with Crippen LogP contribution in [0.5, 0.6) is 5.75 Å². The van der Waals surface area contributed by atoms with Crippen molar-refractivity contribution in [3.8, 4) is 5.75 Å². The first-order valence-electron chi connectivity index (χ1n) is 8.98. The molecule has 1 heterocycles. The molecule has 0 unspecified atom stereocenters. The molecule has 1 fully saturated rings. The Morgan fingerprint density at radius 1 is 1.28 bits per heavy atom. The SMILES string of the molecule is Cc1nc2c(F)ccc(NC(=O)c3cc(Cl)c(O)c(Cl)c3)c2c(=O)n1C1CCC1. The smallest absolute Gasteiger partial charge is 0.263 e. The molecule has 9 heteroatoms. The van der Waals surface area contributed by atoms with Crippen LogP contribution in [0.15, 0.2) is 29.1 Å². The Morgan fingerprint density at radius 3 is 2.52 bits per heavy atom. The second-order valence-corrected chi connectivity index (χ2v) is 7.79. The van der Waals surface area contributed by atoms with Crippen molar-refractivity contribution in [3.05, 3.63) is 61.9 Å². The number of nitrogens with zero attached hydrogens (tertiary/aromatic N) is 2. The van der Waals surface area contributed by atoms with Gasteiger partial charge in [0.2, 0.25) is 0 Å². The molecule has 3 aromatic rings. The summed E-state index contributed by atoms with van der Waals surface area (Å²) in [6.45, 7) is 1.67. The van der Waals surface area contributed by atoms with Crippen molar-refractivity contribution in [1.82, 2.24) is 9.55 Å². The van der Waals surface area contributed by atoms with Crippen molar-refractivity contribution in [2.45, 2.75) is 32.2 Å². The van der Waals surface area contributed by atoms with E-state index in [0.29, 0.717) is 5.82 Å². The second kappa shape index (κ2) is 7.31. The molecule has 4 rings (SSSR count). The van der Waals surface area contributed by atoms with Gasteiger partial charge in [-0.3, -0.25) is 14.2 Å². The van der Waals surface area contributed by atoms with E-state index in [-0.39, 0.29) is 44.0 Å². The zero-order valence-corrected chi connectivity index (χ0v) is 16.8. The van der Waals surface area contributed by atoms with Crippen LogP contribution in [0.4, 0.5) is 10.1 Å². The topological polar surface area (TPSA) is 84.2 Å². The molecule has 0 aliphatic heterocycles. The maximum absolute atomic E-state index is 14.4. The van der Waals surface area contributed by atoms with Gasteiger partial charge in [-0.25, -0.2) is 9.37 Å². The zero-order chi connectivity index (χ0) is 20.9. The Morgan fingerprint density at radius 2 is 1.93 bits per heavy atom. The van der Waals surface area contributed by atoms with Gasteiger partial charge in [0.15, 0.2) is 5.75 Å². The Bertz CT molecular complexity index is 1200. The van der Waals surface area contributed by atoms with E-state index in [1.807, 2.05) is 0 Å². The highest BCUT2D eigenvalue weighted by molar-refractivity contribution is 6.37. The van der Waals surface area contributed by atoms with Crippen LogP contribution in [0.2, 0.25) is 10.0 Å². The van der Waals surface area contributed by atoms with Gasteiger partial charge in [0.25, 0.3) is 11.5 Å². The fourth-order valence-corrected chi connectivity index (χ4v) is 3.93. The highest BCUT2D eigenvalue weighted by Gasteiger charge is 2.25. The summed E-state index contributed by atoms with van der Waals surface area (Å²) in [4.78, 5) is 30.1. The summed E-state index contributed by atoms with van der Waals surface area (Å²) in [5, 5.41) is 12.1. The first-order valence-corrected chi connectivity index (χ1v) is 9.74. The van der Waals surface area contributed by atoms with Gasteiger partial charge in [-0.15, -0.1) is 0 Å². The number of benzene rings is 2. The minimum Gasteiger partial charge on any atom is -0.505 e. The molecule has 0 spiro atoms. The number of aromatic hydroxyl groups is 1. The maximum Gasteiger partial charge on any atom is 0.263 e. The highest BCUT2D eigenvalue weighted by atomic mass is 35.5. The van der Waals surface area contributed by atoms with Crippen LogP contribution < -0.4 is 10.9 Å².